The van der Waals surface area contributed by atoms with Crippen LogP contribution >= 0.6 is 22.9 Å². The van der Waals surface area contributed by atoms with Gasteiger partial charge in [-0.1, -0.05) is 48.9 Å². The van der Waals surface area contributed by atoms with Gasteiger partial charge >= 0.3 is 5.97 Å². The maximum absolute atomic E-state index is 12.7. The van der Waals surface area contributed by atoms with Crippen LogP contribution in [0.5, 0.6) is 0 Å². The van der Waals surface area contributed by atoms with Crippen LogP contribution in [0.15, 0.2) is 30.5 Å². The van der Waals surface area contributed by atoms with Crippen LogP contribution in [0, 0.1) is 24.7 Å². The molecule has 0 saturated heterocycles. The highest BCUT2D eigenvalue weighted by Crippen LogP contribution is 2.35. The van der Waals surface area contributed by atoms with Crippen LogP contribution in [-0.4, -0.2) is 40.5 Å². The molecule has 0 aliphatic carbocycles. The van der Waals surface area contributed by atoms with E-state index in [9.17, 15) is 9.59 Å². The summed E-state index contributed by atoms with van der Waals surface area (Å²) in [7, 11) is 1.41. The average Bonchev–Trinajstić information content (AvgIpc) is 3.27. The quantitative estimate of drug-likeness (QED) is 0.257. The number of hydrogen-bond donors (Lipinski definition) is 3. The molecule has 0 unspecified atom stereocenters. The van der Waals surface area contributed by atoms with Gasteiger partial charge in [0.05, 0.1) is 29.4 Å². The van der Waals surface area contributed by atoms with Gasteiger partial charge in [0, 0.05) is 12.6 Å². The van der Waals surface area contributed by atoms with Crippen molar-refractivity contribution >= 4 is 57.3 Å². The number of ether oxygens (including phenoxy) is 1. The fourth-order valence-corrected chi connectivity index (χ4v) is 5.16. The van der Waals surface area contributed by atoms with Gasteiger partial charge < -0.3 is 20.7 Å². The van der Waals surface area contributed by atoms with Crippen molar-refractivity contribution in [3.63, 3.8) is 0 Å². The Morgan fingerprint density at radius 2 is 1.81 bits per heavy atom. The van der Waals surface area contributed by atoms with Crippen LogP contribution in [-0.2, 0) is 9.53 Å². The minimum atomic E-state index is -0.604. The van der Waals surface area contributed by atoms with Gasteiger partial charge in [0.25, 0.3) is 5.91 Å². The lowest BCUT2D eigenvalue weighted by atomic mass is 9.75. The van der Waals surface area contributed by atoms with Crippen molar-refractivity contribution in [1.29, 1.82) is 0 Å². The zero-order chi connectivity index (χ0) is 27.4. The number of hydrogen-bond acceptors (Lipinski definition) is 9. The zero-order valence-corrected chi connectivity index (χ0v) is 23.7. The molecule has 3 N–H and O–H groups in total. The average molecular weight is 545 g/mol. The number of thiazole rings is 1. The summed E-state index contributed by atoms with van der Waals surface area (Å²) in [5.74, 6) is 1.24. The minimum Gasteiger partial charge on any atom is -0.469 e. The van der Waals surface area contributed by atoms with E-state index in [2.05, 4.69) is 44.7 Å². The number of carbonyl (C=O) groups excluding carboxylic acids is 2. The number of nitrogens with one attached hydrogen (secondary N) is 3. The molecule has 3 aromatic rings. The zero-order valence-electron chi connectivity index (χ0n) is 22.2. The first-order valence-electron chi connectivity index (χ1n) is 11.8. The molecule has 0 aliphatic rings. The molecule has 0 bridgehead atoms. The predicted octanol–water partition coefficient (Wildman–Crippen LogP) is 6.23. The predicted molar refractivity (Wildman–Crippen MR) is 149 cm³/mol. The molecule has 11 heteroatoms. The van der Waals surface area contributed by atoms with Crippen molar-refractivity contribution in [3.05, 3.63) is 51.7 Å². The first kappa shape index (κ1) is 28.3. The van der Waals surface area contributed by atoms with E-state index in [-0.39, 0.29) is 17.3 Å². The van der Waals surface area contributed by atoms with Crippen LogP contribution in [0.3, 0.4) is 0 Å². The number of anilines is 4. The molecule has 9 nitrogen and oxygen atoms in total. The summed E-state index contributed by atoms with van der Waals surface area (Å²) < 4.78 is 4.94. The van der Waals surface area contributed by atoms with E-state index in [0.717, 1.165) is 5.56 Å². The van der Waals surface area contributed by atoms with E-state index in [1.54, 1.807) is 19.1 Å². The molecule has 1 aromatic carbocycles. The van der Waals surface area contributed by atoms with E-state index < -0.39 is 5.41 Å². The van der Waals surface area contributed by atoms with Crippen LogP contribution in [0.4, 0.5) is 22.5 Å². The van der Waals surface area contributed by atoms with Gasteiger partial charge in [0.1, 0.15) is 22.3 Å². The minimum absolute atomic E-state index is 0.207. The molecular formula is C26H33ClN6O3S. The number of benzene rings is 1. The number of carbonyl (C=O) groups is 2. The Bertz CT molecular complexity index is 1270. The van der Waals surface area contributed by atoms with Gasteiger partial charge in [-0.05, 0) is 51.2 Å². The lowest BCUT2D eigenvalue weighted by molar-refractivity contribution is -0.152. The second-order valence-corrected chi connectivity index (χ2v) is 11.7. The Morgan fingerprint density at radius 1 is 1.11 bits per heavy atom. The standard InChI is InChI=1S/C26H33ClN6O3S/c1-15-9-8-10-17(27)21(15)33-22(34)18-12-28-24(37-18)32-20-11-19(30-16(2)31-20)29-14-25(3,4)13-26(5,6)23(35)36-7/h8-12H,13-14H2,1-7H3,(H,33,34)(H2,28,29,30,31,32). The smallest absolute Gasteiger partial charge is 0.311 e. The molecule has 198 valence electrons. The summed E-state index contributed by atoms with van der Waals surface area (Å²) in [5, 5.41) is 10.4. The number of amides is 1. The highest BCUT2D eigenvalue weighted by atomic mass is 35.5. The maximum Gasteiger partial charge on any atom is 0.311 e. The summed E-state index contributed by atoms with van der Waals surface area (Å²) in [6.07, 6.45) is 2.14. The van der Waals surface area contributed by atoms with Crippen molar-refractivity contribution in [1.82, 2.24) is 15.0 Å². The summed E-state index contributed by atoms with van der Waals surface area (Å²) in [6, 6.07) is 7.22. The molecule has 0 fully saturated rings. The fraction of sp³-hybridized carbons (Fsp3) is 0.423. The third kappa shape index (κ3) is 7.62. The Kier molecular flexibility index (Phi) is 8.76. The Labute approximate surface area is 226 Å². The summed E-state index contributed by atoms with van der Waals surface area (Å²) in [4.78, 5) is 38.5. The van der Waals surface area contributed by atoms with Crippen molar-refractivity contribution in [2.45, 2.75) is 48.0 Å². The normalized spacial score (nSPS) is 11.7. The number of para-hydroxylation sites is 1. The van der Waals surface area contributed by atoms with Crippen molar-refractivity contribution < 1.29 is 14.3 Å². The highest BCUT2D eigenvalue weighted by molar-refractivity contribution is 7.17. The van der Waals surface area contributed by atoms with Crippen LogP contribution in [0.25, 0.3) is 0 Å². The summed E-state index contributed by atoms with van der Waals surface area (Å²) in [6.45, 7) is 12.2. The molecular weight excluding hydrogens is 512 g/mol. The fourth-order valence-electron chi connectivity index (χ4n) is 4.17. The van der Waals surface area contributed by atoms with Gasteiger partial charge in [-0.25, -0.2) is 15.0 Å². The van der Waals surface area contributed by atoms with Crippen LogP contribution in [0.1, 0.15) is 55.2 Å². The van der Waals surface area contributed by atoms with Gasteiger partial charge in [-0.2, -0.15) is 0 Å². The maximum atomic E-state index is 12.7. The number of halogens is 1. The monoisotopic (exact) mass is 544 g/mol. The highest BCUT2D eigenvalue weighted by Gasteiger charge is 2.35. The first-order valence-corrected chi connectivity index (χ1v) is 13.0. The molecule has 2 aromatic heterocycles. The molecule has 0 spiro atoms. The van der Waals surface area contributed by atoms with Gasteiger partial charge in [0.15, 0.2) is 5.13 Å². The summed E-state index contributed by atoms with van der Waals surface area (Å²) in [5.41, 5.74) is 0.643. The molecule has 37 heavy (non-hydrogen) atoms. The van der Waals surface area contributed by atoms with Crippen LogP contribution in [0.2, 0.25) is 5.02 Å². The Hall–Kier alpha value is -3.24. The number of aryl methyl sites for hydroxylation is 2. The van der Waals surface area contributed by atoms with Gasteiger partial charge in [0.2, 0.25) is 0 Å². The molecule has 1 amide bonds. The van der Waals surface area contributed by atoms with E-state index in [1.165, 1.54) is 24.6 Å². The number of nitrogens with zero attached hydrogens (tertiary/aromatic N) is 3. The summed E-state index contributed by atoms with van der Waals surface area (Å²) >= 11 is 7.43. The lowest BCUT2D eigenvalue weighted by Gasteiger charge is -2.33. The molecule has 0 aliphatic heterocycles. The second-order valence-electron chi connectivity index (χ2n) is 10.3. The van der Waals surface area contributed by atoms with E-state index in [1.807, 2.05) is 32.9 Å². The third-order valence-corrected chi connectivity index (χ3v) is 6.90. The molecule has 0 atom stereocenters. The Balaban J connectivity index is 1.66. The number of rotatable bonds is 10. The third-order valence-electron chi connectivity index (χ3n) is 5.67. The van der Waals surface area contributed by atoms with E-state index in [4.69, 9.17) is 16.3 Å². The van der Waals surface area contributed by atoms with Crippen molar-refractivity contribution in [3.8, 4) is 0 Å². The molecule has 2 heterocycles. The van der Waals surface area contributed by atoms with Gasteiger partial charge in [-0.3, -0.25) is 9.59 Å². The SMILES string of the molecule is COC(=O)C(C)(C)CC(C)(C)CNc1cc(Nc2ncc(C(=O)Nc3c(C)cccc3Cl)s2)nc(C)n1. The molecule has 3 rings (SSSR count). The van der Waals surface area contributed by atoms with E-state index >= 15 is 0 Å². The van der Waals surface area contributed by atoms with Crippen molar-refractivity contribution in [2.75, 3.05) is 29.6 Å². The number of methoxy groups -OCH3 is 1. The van der Waals surface area contributed by atoms with Crippen LogP contribution < -0.4 is 16.0 Å². The number of esters is 1. The lowest BCUT2D eigenvalue weighted by Crippen LogP contribution is -2.35. The van der Waals surface area contributed by atoms with E-state index in [0.29, 0.717) is 51.1 Å². The first-order chi connectivity index (χ1) is 17.3. The number of aromatic nitrogens is 3. The second kappa shape index (κ2) is 11.4. The largest absolute Gasteiger partial charge is 0.469 e. The Morgan fingerprint density at radius 3 is 2.49 bits per heavy atom. The van der Waals surface area contributed by atoms with Gasteiger partial charge in [-0.15, -0.1) is 0 Å². The topological polar surface area (TPSA) is 118 Å². The van der Waals surface area contributed by atoms with Crippen molar-refractivity contribution in [2.24, 2.45) is 10.8 Å². The molecule has 0 saturated carbocycles. The molecule has 0 radical (unpaired) electrons.